The lowest BCUT2D eigenvalue weighted by Gasteiger charge is -2.09. The standard InChI is InChI=1S/C29H16O8/c30-26-22-11-9-20(14-24(22)28(32)36-26)34-18-5-1-16(2-6-18)13-17-3-7-19(8-4-17)35-21-10-12-23-25(15-21)29(33)37-27(23)31/h1-12,14-15H,13H2. The van der Waals surface area contributed by atoms with E-state index in [9.17, 15) is 19.2 Å². The summed E-state index contributed by atoms with van der Waals surface area (Å²) in [5, 5.41) is 0. The van der Waals surface area contributed by atoms with Crippen LogP contribution in [0, 0.1) is 0 Å². The lowest BCUT2D eigenvalue weighted by Crippen LogP contribution is -1.96. The highest BCUT2D eigenvalue weighted by molar-refractivity contribution is 6.15. The number of benzene rings is 4. The Labute approximate surface area is 210 Å². The molecule has 0 saturated heterocycles. The molecule has 180 valence electrons. The third kappa shape index (κ3) is 4.32. The quantitative estimate of drug-likeness (QED) is 0.257. The van der Waals surface area contributed by atoms with Gasteiger partial charge in [0.1, 0.15) is 23.0 Å². The Kier molecular flexibility index (Phi) is 5.27. The molecule has 0 bridgehead atoms. The van der Waals surface area contributed by atoms with Crippen LogP contribution in [0.15, 0.2) is 84.9 Å². The summed E-state index contributed by atoms with van der Waals surface area (Å²) < 4.78 is 20.8. The Morgan fingerprint density at radius 2 is 0.784 bits per heavy atom. The summed E-state index contributed by atoms with van der Waals surface area (Å²) >= 11 is 0. The van der Waals surface area contributed by atoms with E-state index in [1.807, 2.05) is 48.5 Å². The van der Waals surface area contributed by atoms with Gasteiger partial charge in [-0.15, -0.1) is 0 Å². The molecule has 0 aromatic heterocycles. The monoisotopic (exact) mass is 492 g/mol. The molecular formula is C29H16O8. The first-order valence-electron chi connectivity index (χ1n) is 11.3. The van der Waals surface area contributed by atoms with Gasteiger partial charge in [0.2, 0.25) is 0 Å². The van der Waals surface area contributed by atoms with Crippen LogP contribution in [0.2, 0.25) is 0 Å². The largest absolute Gasteiger partial charge is 0.457 e. The maximum atomic E-state index is 11.7. The molecule has 4 aromatic carbocycles. The summed E-state index contributed by atoms with van der Waals surface area (Å²) in [6.45, 7) is 0. The van der Waals surface area contributed by atoms with Gasteiger partial charge in [-0.05, 0) is 78.2 Å². The summed E-state index contributed by atoms with van der Waals surface area (Å²) in [7, 11) is 0. The van der Waals surface area contributed by atoms with Gasteiger partial charge < -0.3 is 18.9 Å². The van der Waals surface area contributed by atoms with Crippen LogP contribution in [-0.4, -0.2) is 23.9 Å². The molecule has 0 amide bonds. The first-order chi connectivity index (χ1) is 17.9. The van der Waals surface area contributed by atoms with Gasteiger partial charge in [-0.25, -0.2) is 19.2 Å². The smallest absolute Gasteiger partial charge is 0.347 e. The second-order valence-electron chi connectivity index (χ2n) is 8.44. The van der Waals surface area contributed by atoms with Crippen molar-refractivity contribution in [3.8, 4) is 23.0 Å². The van der Waals surface area contributed by atoms with Crippen LogP contribution in [0.1, 0.15) is 52.6 Å². The summed E-state index contributed by atoms with van der Waals surface area (Å²) in [5.41, 5.74) is 2.98. The zero-order valence-corrected chi connectivity index (χ0v) is 19.1. The molecule has 8 heteroatoms. The fourth-order valence-corrected chi connectivity index (χ4v) is 4.11. The second kappa shape index (κ2) is 8.76. The van der Waals surface area contributed by atoms with E-state index in [1.54, 1.807) is 12.1 Å². The topological polar surface area (TPSA) is 105 Å². The molecular weight excluding hydrogens is 476 g/mol. The highest BCUT2D eigenvalue weighted by atomic mass is 16.6. The third-order valence-electron chi connectivity index (χ3n) is 5.96. The summed E-state index contributed by atoms with van der Waals surface area (Å²) in [6.07, 6.45) is 0.681. The van der Waals surface area contributed by atoms with Gasteiger partial charge in [0.15, 0.2) is 0 Å². The molecule has 6 rings (SSSR count). The van der Waals surface area contributed by atoms with Crippen LogP contribution in [0.4, 0.5) is 0 Å². The van der Waals surface area contributed by atoms with Crippen LogP contribution in [0.25, 0.3) is 0 Å². The molecule has 0 saturated carbocycles. The minimum atomic E-state index is -0.675. The van der Waals surface area contributed by atoms with Crippen molar-refractivity contribution in [3.63, 3.8) is 0 Å². The Morgan fingerprint density at radius 1 is 0.432 bits per heavy atom. The number of hydrogen-bond acceptors (Lipinski definition) is 8. The van der Waals surface area contributed by atoms with E-state index in [4.69, 9.17) is 9.47 Å². The number of carbonyl (C=O) groups excluding carboxylic acids is 4. The number of ether oxygens (including phenoxy) is 4. The van der Waals surface area contributed by atoms with Gasteiger partial charge >= 0.3 is 23.9 Å². The van der Waals surface area contributed by atoms with E-state index < -0.39 is 23.9 Å². The van der Waals surface area contributed by atoms with Gasteiger partial charge in [-0.3, -0.25) is 0 Å². The van der Waals surface area contributed by atoms with Gasteiger partial charge in [0.05, 0.1) is 22.3 Å². The number of esters is 4. The van der Waals surface area contributed by atoms with E-state index in [1.165, 1.54) is 24.3 Å². The van der Waals surface area contributed by atoms with Crippen molar-refractivity contribution in [2.24, 2.45) is 0 Å². The van der Waals surface area contributed by atoms with Crippen LogP contribution in [-0.2, 0) is 15.9 Å². The predicted molar refractivity (Wildman–Crippen MR) is 128 cm³/mol. The molecule has 0 N–H and O–H groups in total. The average Bonchev–Trinajstić information content (AvgIpc) is 3.34. The van der Waals surface area contributed by atoms with Gasteiger partial charge in [0.25, 0.3) is 0 Å². The van der Waals surface area contributed by atoms with Crippen LogP contribution >= 0.6 is 0 Å². The molecule has 4 aromatic rings. The Balaban J connectivity index is 1.09. The van der Waals surface area contributed by atoms with Crippen molar-refractivity contribution >= 4 is 23.9 Å². The molecule has 0 spiro atoms. The van der Waals surface area contributed by atoms with E-state index in [0.717, 1.165) is 11.1 Å². The number of cyclic esters (lactones) is 4. The maximum Gasteiger partial charge on any atom is 0.347 e. The number of rotatable bonds is 6. The minimum Gasteiger partial charge on any atom is -0.457 e. The Morgan fingerprint density at radius 3 is 1.19 bits per heavy atom. The average molecular weight is 492 g/mol. The predicted octanol–water partition coefficient (Wildman–Crippen LogP) is 5.48. The normalized spacial score (nSPS) is 13.6. The second-order valence-corrected chi connectivity index (χ2v) is 8.44. The number of carbonyl (C=O) groups is 4. The van der Waals surface area contributed by atoms with Crippen molar-refractivity contribution in [2.75, 3.05) is 0 Å². The van der Waals surface area contributed by atoms with Gasteiger partial charge in [-0.2, -0.15) is 0 Å². The maximum absolute atomic E-state index is 11.7. The zero-order valence-electron chi connectivity index (χ0n) is 19.1. The van der Waals surface area contributed by atoms with Gasteiger partial charge in [-0.1, -0.05) is 24.3 Å². The molecule has 0 unspecified atom stereocenters. The third-order valence-corrected chi connectivity index (χ3v) is 5.96. The number of fused-ring (bicyclic) bond motifs is 2. The first kappa shape index (κ1) is 22.2. The molecule has 0 fully saturated rings. The molecule has 2 aliphatic rings. The van der Waals surface area contributed by atoms with E-state index in [2.05, 4.69) is 9.47 Å². The van der Waals surface area contributed by atoms with Crippen molar-refractivity contribution in [1.82, 2.24) is 0 Å². The molecule has 37 heavy (non-hydrogen) atoms. The van der Waals surface area contributed by atoms with E-state index >= 15 is 0 Å². The molecule has 0 radical (unpaired) electrons. The molecule has 0 aliphatic carbocycles. The van der Waals surface area contributed by atoms with E-state index in [-0.39, 0.29) is 22.3 Å². The summed E-state index contributed by atoms with van der Waals surface area (Å²) in [4.78, 5) is 46.6. The Bertz CT molecular complexity index is 1480. The van der Waals surface area contributed by atoms with Crippen LogP contribution < -0.4 is 9.47 Å². The SMILES string of the molecule is O=C1OC(=O)c2cc(Oc3ccc(Cc4ccc(Oc5ccc6c(c5)C(=O)OC6=O)cc4)cc3)ccc21. The van der Waals surface area contributed by atoms with Crippen LogP contribution in [0.5, 0.6) is 23.0 Å². The Hall–Kier alpha value is -5.24. The fraction of sp³-hybridized carbons (Fsp3) is 0.0345. The lowest BCUT2D eigenvalue weighted by molar-refractivity contribution is 0.0425. The highest BCUT2D eigenvalue weighted by Crippen LogP contribution is 2.30. The van der Waals surface area contributed by atoms with Crippen molar-refractivity contribution in [3.05, 3.63) is 118 Å². The molecule has 0 atom stereocenters. The van der Waals surface area contributed by atoms with E-state index in [0.29, 0.717) is 29.4 Å². The minimum absolute atomic E-state index is 0.195. The summed E-state index contributed by atoms with van der Waals surface area (Å²) in [6, 6.07) is 24.3. The van der Waals surface area contributed by atoms with Gasteiger partial charge in [0, 0.05) is 0 Å². The lowest BCUT2D eigenvalue weighted by atomic mass is 10.0. The fourth-order valence-electron chi connectivity index (χ4n) is 4.11. The zero-order chi connectivity index (χ0) is 25.5. The highest BCUT2D eigenvalue weighted by Gasteiger charge is 2.30. The molecule has 2 aliphatic heterocycles. The summed E-state index contributed by atoms with van der Waals surface area (Å²) in [5.74, 6) is -0.612. The van der Waals surface area contributed by atoms with Crippen molar-refractivity contribution < 1.29 is 38.1 Å². The van der Waals surface area contributed by atoms with Crippen LogP contribution in [0.3, 0.4) is 0 Å². The number of hydrogen-bond donors (Lipinski definition) is 0. The van der Waals surface area contributed by atoms with Crippen molar-refractivity contribution in [1.29, 1.82) is 0 Å². The molecule has 2 heterocycles. The first-order valence-corrected chi connectivity index (χ1v) is 11.3. The molecule has 8 nitrogen and oxygen atoms in total. The van der Waals surface area contributed by atoms with Crippen molar-refractivity contribution in [2.45, 2.75) is 6.42 Å².